The summed E-state index contributed by atoms with van der Waals surface area (Å²) in [7, 11) is 0. The van der Waals surface area contributed by atoms with Gasteiger partial charge in [0.25, 0.3) is 0 Å². The zero-order chi connectivity index (χ0) is 13.7. The molecule has 0 aliphatic heterocycles. The number of thiophene rings is 1. The number of hydrogen-bond acceptors (Lipinski definition) is 4. The molecule has 4 nitrogen and oxygen atoms in total. The fourth-order valence-electron chi connectivity index (χ4n) is 1.46. The topological polar surface area (TPSA) is 57.8 Å². The van der Waals surface area contributed by atoms with Crippen molar-refractivity contribution < 1.29 is 4.79 Å². The Morgan fingerprint density at radius 1 is 1.58 bits per heavy atom. The number of aromatic amines is 1. The maximum absolute atomic E-state index is 11.7. The van der Waals surface area contributed by atoms with Gasteiger partial charge in [0.1, 0.15) is 0 Å². The Bertz CT molecular complexity index is 553. The predicted octanol–water partition coefficient (Wildman–Crippen LogP) is 3.56. The van der Waals surface area contributed by atoms with Crippen molar-refractivity contribution in [3.63, 3.8) is 0 Å². The smallest absolute Gasteiger partial charge is 0.235 e. The highest BCUT2D eigenvalue weighted by Crippen LogP contribution is 2.25. The number of hydrogen-bond donors (Lipinski definition) is 2. The Morgan fingerprint density at radius 2 is 2.42 bits per heavy atom. The van der Waals surface area contributed by atoms with E-state index in [0.717, 1.165) is 22.2 Å². The standard InChI is InChI=1S/C12H14ClN3OS2/c1-2-8-5-11(16-15-8)14-12(17)7-18-6-9-3-4-10(13)19-9/h3-5H,2,6-7H2,1H3,(H2,14,15,16,17). The number of aryl methyl sites for hydroxylation is 1. The van der Waals surface area contributed by atoms with Crippen molar-refractivity contribution in [1.29, 1.82) is 0 Å². The first-order valence-corrected chi connectivity index (χ1v) is 8.18. The Balaban J connectivity index is 1.72. The van der Waals surface area contributed by atoms with Gasteiger partial charge in [-0.3, -0.25) is 9.89 Å². The van der Waals surface area contributed by atoms with Crippen LogP contribution in [0.25, 0.3) is 0 Å². The second-order valence-electron chi connectivity index (χ2n) is 3.88. The van der Waals surface area contributed by atoms with Crippen LogP contribution in [0.5, 0.6) is 0 Å². The van der Waals surface area contributed by atoms with E-state index in [2.05, 4.69) is 15.5 Å². The highest BCUT2D eigenvalue weighted by atomic mass is 35.5. The maximum Gasteiger partial charge on any atom is 0.235 e. The summed E-state index contributed by atoms with van der Waals surface area (Å²) in [6, 6.07) is 5.71. The first-order valence-electron chi connectivity index (χ1n) is 5.83. The number of nitrogens with zero attached hydrogens (tertiary/aromatic N) is 1. The van der Waals surface area contributed by atoms with E-state index < -0.39 is 0 Å². The Morgan fingerprint density at radius 3 is 3.05 bits per heavy atom. The third-order valence-electron chi connectivity index (χ3n) is 2.39. The largest absolute Gasteiger partial charge is 0.308 e. The van der Waals surface area contributed by atoms with E-state index in [0.29, 0.717) is 11.6 Å². The molecule has 0 saturated carbocycles. The number of H-pyrrole nitrogens is 1. The fourth-order valence-corrected chi connectivity index (χ4v) is 3.48. The molecule has 2 heterocycles. The van der Waals surface area contributed by atoms with E-state index in [-0.39, 0.29) is 5.91 Å². The lowest BCUT2D eigenvalue weighted by Gasteiger charge is -2.00. The van der Waals surface area contributed by atoms with Crippen molar-refractivity contribution >= 4 is 46.4 Å². The average Bonchev–Trinajstić information content (AvgIpc) is 2.98. The van der Waals surface area contributed by atoms with Gasteiger partial charge in [0, 0.05) is 22.4 Å². The van der Waals surface area contributed by atoms with Crippen molar-refractivity contribution in [3.05, 3.63) is 33.1 Å². The van der Waals surface area contributed by atoms with Crippen LogP contribution in [-0.4, -0.2) is 21.9 Å². The number of halogens is 1. The van der Waals surface area contributed by atoms with E-state index >= 15 is 0 Å². The van der Waals surface area contributed by atoms with Crippen molar-refractivity contribution in [2.45, 2.75) is 19.1 Å². The molecule has 0 aliphatic rings. The van der Waals surface area contributed by atoms with Crippen molar-refractivity contribution in [2.24, 2.45) is 0 Å². The minimum Gasteiger partial charge on any atom is -0.308 e. The van der Waals surface area contributed by atoms with Gasteiger partial charge >= 0.3 is 0 Å². The van der Waals surface area contributed by atoms with Crippen LogP contribution < -0.4 is 5.32 Å². The van der Waals surface area contributed by atoms with Gasteiger partial charge in [0.15, 0.2) is 5.82 Å². The summed E-state index contributed by atoms with van der Waals surface area (Å²) in [5, 5.41) is 9.64. The minimum absolute atomic E-state index is 0.0400. The molecule has 2 rings (SSSR count). The molecule has 0 bridgehead atoms. The molecule has 2 N–H and O–H groups in total. The van der Waals surface area contributed by atoms with Crippen LogP contribution in [0.1, 0.15) is 17.5 Å². The zero-order valence-corrected chi connectivity index (χ0v) is 12.8. The van der Waals surface area contributed by atoms with Crippen LogP contribution in [-0.2, 0) is 17.0 Å². The van der Waals surface area contributed by atoms with E-state index in [4.69, 9.17) is 11.6 Å². The van der Waals surface area contributed by atoms with Gasteiger partial charge in [0.05, 0.1) is 10.1 Å². The van der Waals surface area contributed by atoms with Crippen molar-refractivity contribution in [3.8, 4) is 0 Å². The lowest BCUT2D eigenvalue weighted by molar-refractivity contribution is -0.113. The molecule has 1 amide bonds. The normalized spacial score (nSPS) is 10.6. The average molecular weight is 316 g/mol. The highest BCUT2D eigenvalue weighted by molar-refractivity contribution is 7.99. The molecule has 0 radical (unpaired) electrons. The first-order chi connectivity index (χ1) is 9.17. The van der Waals surface area contributed by atoms with Crippen LogP contribution in [0.3, 0.4) is 0 Å². The number of aromatic nitrogens is 2. The summed E-state index contributed by atoms with van der Waals surface area (Å²) in [5.41, 5.74) is 1.01. The SMILES string of the molecule is CCc1cc(NC(=O)CSCc2ccc(Cl)s2)n[nH]1. The van der Waals surface area contributed by atoms with Crippen LogP contribution >= 0.6 is 34.7 Å². The Labute approximate surface area is 124 Å². The molecule has 0 fully saturated rings. The Kier molecular flexibility index (Phi) is 5.30. The number of amides is 1. The van der Waals surface area contributed by atoms with Crippen LogP contribution in [0.4, 0.5) is 5.82 Å². The van der Waals surface area contributed by atoms with Crippen LogP contribution in [0.2, 0.25) is 4.34 Å². The molecular weight excluding hydrogens is 302 g/mol. The monoisotopic (exact) mass is 315 g/mol. The molecule has 0 atom stereocenters. The quantitative estimate of drug-likeness (QED) is 0.857. The molecule has 2 aromatic heterocycles. The van der Waals surface area contributed by atoms with Crippen molar-refractivity contribution in [2.75, 3.05) is 11.1 Å². The van der Waals surface area contributed by atoms with Gasteiger partial charge in [-0.15, -0.1) is 23.1 Å². The minimum atomic E-state index is -0.0400. The number of carbonyl (C=O) groups is 1. The summed E-state index contributed by atoms with van der Waals surface area (Å²) in [6.45, 7) is 2.03. The number of carbonyl (C=O) groups excluding carboxylic acids is 1. The third kappa shape index (κ3) is 4.56. The Hall–Kier alpha value is -0.980. The van der Waals surface area contributed by atoms with Crippen LogP contribution in [0.15, 0.2) is 18.2 Å². The summed E-state index contributed by atoms with van der Waals surface area (Å²) < 4.78 is 0.781. The predicted molar refractivity (Wildman–Crippen MR) is 82.1 cm³/mol. The molecule has 0 unspecified atom stereocenters. The van der Waals surface area contributed by atoms with Crippen LogP contribution in [0, 0.1) is 0 Å². The van der Waals surface area contributed by atoms with Gasteiger partial charge in [0.2, 0.25) is 5.91 Å². The van der Waals surface area contributed by atoms with Gasteiger partial charge in [-0.05, 0) is 18.6 Å². The lowest BCUT2D eigenvalue weighted by Crippen LogP contribution is -2.14. The number of anilines is 1. The third-order valence-corrected chi connectivity index (χ3v) is 4.78. The van der Waals surface area contributed by atoms with Crippen molar-refractivity contribution in [1.82, 2.24) is 10.2 Å². The molecule has 0 aromatic carbocycles. The summed E-state index contributed by atoms with van der Waals surface area (Å²) in [5.74, 6) is 1.75. The molecule has 0 saturated heterocycles. The number of thioether (sulfide) groups is 1. The second-order valence-corrected chi connectivity index (χ2v) is 6.66. The maximum atomic E-state index is 11.7. The molecule has 7 heteroatoms. The second kappa shape index (κ2) is 6.98. The summed E-state index contributed by atoms with van der Waals surface area (Å²) in [4.78, 5) is 12.9. The molecule has 19 heavy (non-hydrogen) atoms. The first kappa shape index (κ1) is 14.4. The van der Waals surface area contributed by atoms with Gasteiger partial charge in [-0.2, -0.15) is 5.10 Å². The number of nitrogens with one attached hydrogen (secondary N) is 2. The number of rotatable bonds is 6. The van der Waals surface area contributed by atoms with E-state index in [1.807, 2.05) is 25.1 Å². The zero-order valence-electron chi connectivity index (χ0n) is 10.4. The van der Waals surface area contributed by atoms with Gasteiger partial charge in [-0.1, -0.05) is 18.5 Å². The van der Waals surface area contributed by atoms with E-state index in [9.17, 15) is 4.79 Å². The molecule has 0 aliphatic carbocycles. The molecule has 2 aromatic rings. The fraction of sp³-hybridized carbons (Fsp3) is 0.333. The molecule has 102 valence electrons. The van der Waals surface area contributed by atoms with Gasteiger partial charge < -0.3 is 5.32 Å². The summed E-state index contributed by atoms with van der Waals surface area (Å²) >= 11 is 8.95. The van der Waals surface area contributed by atoms with Gasteiger partial charge in [-0.25, -0.2) is 0 Å². The lowest BCUT2D eigenvalue weighted by atomic mass is 10.3. The highest BCUT2D eigenvalue weighted by Gasteiger charge is 2.06. The summed E-state index contributed by atoms with van der Waals surface area (Å²) in [6.07, 6.45) is 0.872. The molecule has 0 spiro atoms. The van der Waals surface area contributed by atoms with E-state index in [1.165, 1.54) is 4.88 Å². The van der Waals surface area contributed by atoms with E-state index in [1.54, 1.807) is 23.1 Å². The molecular formula is C12H14ClN3OS2.